The first kappa shape index (κ1) is 26.6. The summed E-state index contributed by atoms with van der Waals surface area (Å²) in [5, 5.41) is 5.12. The molecule has 0 bridgehead atoms. The molecule has 4 aromatic rings. The fourth-order valence-corrected chi connectivity index (χ4v) is 11.3. The second kappa shape index (κ2) is 12.6. The van der Waals surface area contributed by atoms with E-state index >= 15 is 0 Å². The second-order valence-electron chi connectivity index (χ2n) is 7.77. The molecule has 0 spiro atoms. The van der Waals surface area contributed by atoms with Gasteiger partial charge in [0.1, 0.15) is 4.07 Å². The van der Waals surface area contributed by atoms with Crippen molar-refractivity contribution in [1.29, 1.82) is 0 Å². The van der Waals surface area contributed by atoms with E-state index < -0.39 is 19.9 Å². The van der Waals surface area contributed by atoms with Crippen molar-refractivity contribution < 1.29 is 20.4 Å². The maximum atomic E-state index is 7.29. The Kier molecular flexibility index (Phi) is 10.2. The third kappa shape index (κ3) is 6.77. The summed E-state index contributed by atoms with van der Waals surface area (Å²) < 4.78 is -0.887. The molecule has 0 saturated carbocycles. The van der Waals surface area contributed by atoms with Gasteiger partial charge in [-0.1, -0.05) is 151 Å². The third-order valence-corrected chi connectivity index (χ3v) is 12.0. The molecule has 0 amide bonds. The summed E-state index contributed by atoms with van der Waals surface area (Å²) in [4.78, 5) is 0. The van der Waals surface area contributed by atoms with Crippen LogP contribution in [0.4, 0.5) is 0 Å². The maximum Gasteiger partial charge on any atom is 2.00 e. The molecule has 4 rings (SSSR count). The average molecular weight is 602 g/mol. The Morgan fingerprint density at radius 3 is 1.21 bits per heavy atom. The van der Waals surface area contributed by atoms with E-state index in [-0.39, 0.29) is 20.4 Å². The number of hydrogen-bond acceptors (Lipinski definition) is 0. The molecule has 0 aliphatic rings. The number of hydrogen-bond donors (Lipinski definition) is 0. The van der Waals surface area contributed by atoms with Crippen molar-refractivity contribution in [3.8, 4) is 0 Å². The van der Waals surface area contributed by atoms with Gasteiger partial charge in [-0.2, -0.15) is 0 Å². The standard InChI is InChI=1S/C28H26Cl2P2.Pd/c1-23(31(24-14-6-2-7-15-24)25-16-8-3-9-17-25)22-28(29,30)32(26-18-10-4-11-19-26)27-20-12-5-13-21-27;/h2-21,23H,22H2,1H3;/q;+2. The van der Waals surface area contributed by atoms with Crippen LogP contribution in [-0.4, -0.2) is 9.73 Å². The largest absolute Gasteiger partial charge is 2.00 e. The van der Waals surface area contributed by atoms with Crippen molar-refractivity contribution in [3.63, 3.8) is 0 Å². The fourth-order valence-electron chi connectivity index (χ4n) is 4.05. The number of benzene rings is 4. The van der Waals surface area contributed by atoms with Crippen molar-refractivity contribution >= 4 is 60.3 Å². The summed E-state index contributed by atoms with van der Waals surface area (Å²) in [6.45, 7) is 2.30. The first-order valence-electron chi connectivity index (χ1n) is 10.7. The molecule has 0 nitrogen and oxygen atoms in total. The summed E-state index contributed by atoms with van der Waals surface area (Å²) in [6, 6.07) is 42.5. The summed E-state index contributed by atoms with van der Waals surface area (Å²) in [5.74, 6) is 0. The van der Waals surface area contributed by atoms with Crippen LogP contribution >= 0.6 is 39.0 Å². The van der Waals surface area contributed by atoms with Gasteiger partial charge in [0.25, 0.3) is 0 Å². The normalized spacial score (nSPS) is 12.4. The van der Waals surface area contributed by atoms with Gasteiger partial charge in [-0.05, 0) is 49.1 Å². The summed E-state index contributed by atoms with van der Waals surface area (Å²) in [5.41, 5.74) is 0.308. The van der Waals surface area contributed by atoms with Crippen LogP contribution in [0.2, 0.25) is 0 Å². The SMILES string of the molecule is CC(CC(Cl)(Cl)P(c1ccccc1)c1ccccc1)P(c1ccccc1)c1ccccc1.[Pd+2]. The quantitative estimate of drug-likeness (QED) is 0.114. The minimum atomic E-state index is -0.948. The molecule has 1 atom stereocenters. The minimum Gasteiger partial charge on any atom is -0.0958 e. The van der Waals surface area contributed by atoms with Gasteiger partial charge in [-0.15, -0.1) is 0 Å². The first-order valence-corrected chi connectivity index (χ1v) is 14.2. The fraction of sp³-hybridized carbons (Fsp3) is 0.143. The second-order valence-corrected chi connectivity index (χ2v) is 14.9. The van der Waals surface area contributed by atoms with Crippen LogP contribution in [0, 0.1) is 0 Å². The third-order valence-electron chi connectivity index (χ3n) is 5.41. The molecular formula is C28H26Cl2P2Pd+2. The van der Waals surface area contributed by atoms with Gasteiger partial charge in [-0.25, -0.2) is 0 Å². The molecule has 170 valence electrons. The monoisotopic (exact) mass is 600 g/mol. The Bertz CT molecular complexity index is 1010. The molecule has 0 aromatic heterocycles. The first-order chi connectivity index (χ1) is 15.6. The van der Waals surface area contributed by atoms with Crippen molar-refractivity contribution in [2.75, 3.05) is 0 Å². The van der Waals surface area contributed by atoms with Crippen LogP contribution < -0.4 is 21.2 Å². The summed E-state index contributed by atoms with van der Waals surface area (Å²) >= 11 is 14.6. The van der Waals surface area contributed by atoms with Gasteiger partial charge in [0, 0.05) is 0 Å². The number of rotatable bonds is 8. The van der Waals surface area contributed by atoms with Gasteiger partial charge < -0.3 is 0 Å². The van der Waals surface area contributed by atoms with E-state index in [0.717, 1.165) is 0 Å². The van der Waals surface area contributed by atoms with Gasteiger partial charge >= 0.3 is 20.4 Å². The molecule has 0 radical (unpaired) electrons. The van der Waals surface area contributed by atoms with Crippen molar-refractivity contribution in [2.24, 2.45) is 0 Å². The predicted octanol–water partition coefficient (Wildman–Crippen LogP) is 7.16. The average Bonchev–Trinajstić information content (AvgIpc) is 2.82. The molecule has 0 saturated heterocycles. The Morgan fingerprint density at radius 2 is 0.879 bits per heavy atom. The molecular weight excluding hydrogens is 576 g/mol. The minimum absolute atomic E-state index is 0. The Morgan fingerprint density at radius 1 is 0.576 bits per heavy atom. The molecule has 0 N–H and O–H groups in total. The number of alkyl halides is 2. The molecule has 0 fully saturated rings. The summed E-state index contributed by atoms with van der Waals surface area (Å²) in [6.07, 6.45) is 0.709. The molecule has 33 heavy (non-hydrogen) atoms. The van der Waals surface area contributed by atoms with E-state index in [1.165, 1.54) is 21.2 Å². The molecule has 5 heteroatoms. The van der Waals surface area contributed by atoms with E-state index in [2.05, 4.69) is 116 Å². The van der Waals surface area contributed by atoms with E-state index in [9.17, 15) is 0 Å². The summed E-state index contributed by atoms with van der Waals surface area (Å²) in [7, 11) is -1.55. The topological polar surface area (TPSA) is 0 Å². The van der Waals surface area contributed by atoms with Crippen LogP contribution in [0.3, 0.4) is 0 Å². The van der Waals surface area contributed by atoms with E-state index in [1.54, 1.807) is 0 Å². The van der Waals surface area contributed by atoms with Crippen LogP contribution in [0.1, 0.15) is 13.3 Å². The van der Waals surface area contributed by atoms with E-state index in [1.807, 2.05) is 12.1 Å². The number of halogens is 2. The van der Waals surface area contributed by atoms with E-state index in [4.69, 9.17) is 23.2 Å². The van der Waals surface area contributed by atoms with Crippen LogP contribution in [-0.2, 0) is 20.4 Å². The molecule has 1 unspecified atom stereocenters. The van der Waals surface area contributed by atoms with Gasteiger partial charge in [0.05, 0.1) is 0 Å². The van der Waals surface area contributed by atoms with Crippen LogP contribution in [0.15, 0.2) is 121 Å². The molecule has 0 aliphatic heterocycles. The van der Waals surface area contributed by atoms with Crippen molar-refractivity contribution in [1.82, 2.24) is 0 Å². The Hall–Kier alpha value is -1.02. The van der Waals surface area contributed by atoms with Crippen molar-refractivity contribution in [2.45, 2.75) is 23.1 Å². The molecule has 0 heterocycles. The predicted molar refractivity (Wildman–Crippen MR) is 147 cm³/mol. The zero-order chi connectivity index (χ0) is 22.4. The van der Waals surface area contributed by atoms with Crippen LogP contribution in [0.25, 0.3) is 0 Å². The van der Waals surface area contributed by atoms with Gasteiger partial charge in [0.15, 0.2) is 0 Å². The maximum absolute atomic E-state index is 7.29. The van der Waals surface area contributed by atoms with Crippen molar-refractivity contribution in [3.05, 3.63) is 121 Å². The van der Waals surface area contributed by atoms with E-state index in [0.29, 0.717) is 12.1 Å². The Balaban J connectivity index is 0.00000306. The van der Waals surface area contributed by atoms with Gasteiger partial charge in [0.2, 0.25) is 0 Å². The zero-order valence-corrected chi connectivity index (χ0v) is 23.2. The molecule has 4 aromatic carbocycles. The smallest absolute Gasteiger partial charge is 0.0958 e. The molecule has 0 aliphatic carbocycles. The Labute approximate surface area is 223 Å². The van der Waals surface area contributed by atoms with Gasteiger partial charge in [-0.3, -0.25) is 0 Å². The van der Waals surface area contributed by atoms with Crippen LogP contribution in [0.5, 0.6) is 0 Å². The zero-order valence-electron chi connectivity index (χ0n) is 18.3.